The van der Waals surface area contributed by atoms with Crippen molar-refractivity contribution in [2.24, 2.45) is 51.2 Å². The molecule has 0 bridgehead atoms. The molecule has 0 aliphatic rings. The number of thioether (sulfide) groups is 1. The molecule has 10 atom stereocenters. The predicted molar refractivity (Wildman–Crippen MR) is 378 cm³/mol. The van der Waals surface area contributed by atoms with Crippen LogP contribution in [-0.2, 0) is 67.2 Å². The van der Waals surface area contributed by atoms with Crippen molar-refractivity contribution in [1.29, 1.82) is 0 Å². The van der Waals surface area contributed by atoms with E-state index in [1.807, 2.05) is 24.3 Å². The SMILES string of the molecule is CSCC[C@H](NC(=O)[C@@H](NC(=O)[C@@H](NC(=O)[C@H](Cc1ccc(O)cc1)NC(=O)[C@H](Cc1ccccc1)NC(=O)[C@H](CCCN=C(N)N)NC(=O)[C@H](N)CCCCN)C(C)C)C(C)C)C(=O)N[C@@H](Cc1c[nH]c2ccccc12)C(=O)N[C@@H](CCCCN)C(=O)N[C@@H](CCCCN)C(=O)O. The average Bonchev–Trinajstić information content (AvgIpc) is 1.58. The third-order valence-electron chi connectivity index (χ3n) is 16.4. The number of nitrogens with two attached hydrogens (primary N) is 6. The normalized spacial score (nSPS) is 14.4. The molecule has 0 aliphatic carbocycles. The van der Waals surface area contributed by atoms with Gasteiger partial charge in [0.2, 0.25) is 53.2 Å². The van der Waals surface area contributed by atoms with E-state index in [0.29, 0.717) is 80.5 Å². The summed E-state index contributed by atoms with van der Waals surface area (Å²) in [5, 5.41) is 45.8. The number of guanidine groups is 1. The molecule has 24 N–H and O–H groups in total. The van der Waals surface area contributed by atoms with E-state index in [-0.39, 0.29) is 76.2 Å². The Kier molecular flexibility index (Phi) is 36.2. The first kappa shape index (κ1) is 81.6. The van der Waals surface area contributed by atoms with E-state index in [0.717, 1.165) is 10.9 Å². The third-order valence-corrected chi connectivity index (χ3v) is 17.1. The number of para-hydroxylation sites is 1. The minimum Gasteiger partial charge on any atom is -0.508 e. The molecule has 98 heavy (non-hydrogen) atoms. The number of carbonyl (C=O) groups excluding carboxylic acids is 9. The summed E-state index contributed by atoms with van der Waals surface area (Å²) >= 11 is 1.39. The molecule has 0 radical (unpaired) electrons. The topological polar surface area (TPSA) is 504 Å². The predicted octanol–water partition coefficient (Wildman–Crippen LogP) is 0.182. The summed E-state index contributed by atoms with van der Waals surface area (Å²) < 4.78 is 0. The molecule has 0 saturated heterocycles. The van der Waals surface area contributed by atoms with Gasteiger partial charge in [-0.25, -0.2) is 4.79 Å². The van der Waals surface area contributed by atoms with Gasteiger partial charge in [0, 0.05) is 42.9 Å². The lowest BCUT2D eigenvalue weighted by Crippen LogP contribution is -2.62. The van der Waals surface area contributed by atoms with Gasteiger partial charge >= 0.3 is 5.97 Å². The highest BCUT2D eigenvalue weighted by Gasteiger charge is 2.38. The van der Waals surface area contributed by atoms with Crippen molar-refractivity contribution in [3.8, 4) is 5.75 Å². The van der Waals surface area contributed by atoms with Crippen molar-refractivity contribution in [2.75, 3.05) is 38.2 Å². The fourth-order valence-corrected chi connectivity index (χ4v) is 11.2. The number of aromatic nitrogens is 1. The Bertz CT molecular complexity index is 3220. The van der Waals surface area contributed by atoms with E-state index in [1.54, 1.807) is 82.6 Å². The van der Waals surface area contributed by atoms with Gasteiger partial charge in [-0.05, 0) is 149 Å². The Morgan fingerprint density at radius 3 is 1.40 bits per heavy atom. The Morgan fingerprint density at radius 1 is 0.469 bits per heavy atom. The molecule has 4 aromatic rings. The van der Waals surface area contributed by atoms with Crippen LogP contribution in [0.4, 0.5) is 0 Å². The number of carbonyl (C=O) groups is 10. The largest absolute Gasteiger partial charge is 0.508 e. The van der Waals surface area contributed by atoms with Gasteiger partial charge in [-0.15, -0.1) is 0 Å². The van der Waals surface area contributed by atoms with Crippen molar-refractivity contribution in [1.82, 2.24) is 52.8 Å². The lowest BCUT2D eigenvalue weighted by molar-refractivity contribution is -0.142. The van der Waals surface area contributed by atoms with Crippen molar-refractivity contribution < 1.29 is 58.2 Å². The fourth-order valence-electron chi connectivity index (χ4n) is 10.8. The van der Waals surface area contributed by atoms with Gasteiger partial charge in [-0.2, -0.15) is 11.8 Å². The zero-order valence-corrected chi connectivity index (χ0v) is 57.8. The maximum absolute atomic E-state index is 14.8. The second kappa shape index (κ2) is 43.4. The Morgan fingerprint density at radius 2 is 0.878 bits per heavy atom. The van der Waals surface area contributed by atoms with Crippen LogP contribution in [-0.4, -0.2) is 179 Å². The second-order valence-electron chi connectivity index (χ2n) is 25.0. The van der Waals surface area contributed by atoms with Gasteiger partial charge in [0.25, 0.3) is 0 Å². The molecule has 30 heteroatoms. The Balaban J connectivity index is 1.64. The van der Waals surface area contributed by atoms with Crippen LogP contribution < -0.4 is 82.3 Å². The van der Waals surface area contributed by atoms with E-state index in [9.17, 15) is 58.2 Å². The summed E-state index contributed by atoms with van der Waals surface area (Å²) in [6, 6.07) is 9.09. The van der Waals surface area contributed by atoms with Crippen LogP contribution in [0.3, 0.4) is 0 Å². The van der Waals surface area contributed by atoms with Gasteiger partial charge in [0.1, 0.15) is 60.1 Å². The van der Waals surface area contributed by atoms with Crippen molar-refractivity contribution in [3.63, 3.8) is 0 Å². The number of aromatic hydroxyl groups is 1. The first-order valence-corrected chi connectivity index (χ1v) is 34.9. The molecule has 0 spiro atoms. The highest BCUT2D eigenvalue weighted by atomic mass is 32.2. The smallest absolute Gasteiger partial charge is 0.326 e. The number of carboxylic acid groups (broad SMARTS) is 1. The highest BCUT2D eigenvalue weighted by Crippen LogP contribution is 2.21. The second-order valence-corrected chi connectivity index (χ2v) is 26.0. The number of H-pyrrole nitrogens is 1. The highest BCUT2D eigenvalue weighted by molar-refractivity contribution is 7.98. The van der Waals surface area contributed by atoms with E-state index in [2.05, 4.69) is 57.8 Å². The number of hydrogen-bond donors (Lipinski definition) is 18. The molecular weight excluding hydrogens is 1280 g/mol. The van der Waals surface area contributed by atoms with Gasteiger partial charge in [-0.1, -0.05) is 94.8 Å². The number of rotatable bonds is 46. The van der Waals surface area contributed by atoms with Crippen LogP contribution in [0.5, 0.6) is 5.75 Å². The van der Waals surface area contributed by atoms with Crippen molar-refractivity contribution in [2.45, 2.75) is 184 Å². The molecule has 0 saturated carbocycles. The standard InChI is InChI=1S/C68H105N17O12S/c1-40(2)56(65(94)79-51(30-35-98-5)61(90)83-55(38-44-39-76-48-22-10-9-20-46(44)48)63(92)78-49(23-12-15-32-70)59(88)80-52(67(96)97)24-13-16-33-71)85-66(95)57(41(3)4)84-64(93)54(37-43-26-28-45(86)29-27-43)82-62(91)53(36-42-18-7-6-8-19-42)81-60(89)50(25-17-34-75-68(73)74)77-58(87)47(72)21-11-14-31-69/h6-10,18-20,22,26-29,39-41,47,49-57,76,86H,11-17,21,23-25,30-38,69-72H2,1-5H3,(H,77,87)(H,78,92)(H,79,94)(H,80,88)(H,81,89)(H,82,91)(H,83,90)(H,84,93)(H,85,95)(H,96,97)(H4,73,74,75)/t47-,49+,50+,51+,52+,53+,54+,55+,56+,57+/m1/s1. The maximum atomic E-state index is 14.8. The number of amides is 9. The number of fused-ring (bicyclic) bond motifs is 1. The lowest BCUT2D eigenvalue weighted by atomic mass is 9.98. The first-order valence-electron chi connectivity index (χ1n) is 33.5. The van der Waals surface area contributed by atoms with E-state index >= 15 is 0 Å². The zero-order chi connectivity index (χ0) is 72.3. The fraction of sp³-hybridized carbons (Fsp3) is 0.544. The molecule has 0 fully saturated rings. The maximum Gasteiger partial charge on any atom is 0.326 e. The molecule has 0 aliphatic heterocycles. The minimum atomic E-state index is -1.44. The van der Waals surface area contributed by atoms with Crippen LogP contribution in [0.2, 0.25) is 0 Å². The molecule has 0 unspecified atom stereocenters. The van der Waals surface area contributed by atoms with E-state index in [4.69, 9.17) is 34.4 Å². The number of hydrogen-bond acceptors (Lipinski definition) is 17. The summed E-state index contributed by atoms with van der Waals surface area (Å²) in [4.78, 5) is 150. The molecule has 1 aromatic heterocycles. The molecule has 4 rings (SSSR count). The average molecular weight is 1380 g/mol. The van der Waals surface area contributed by atoms with Crippen LogP contribution >= 0.6 is 11.8 Å². The number of carboxylic acids is 1. The van der Waals surface area contributed by atoms with E-state index < -0.39 is 131 Å². The molecule has 3 aromatic carbocycles. The summed E-state index contributed by atoms with van der Waals surface area (Å²) in [6.45, 7) is 7.78. The zero-order valence-electron chi connectivity index (χ0n) is 56.9. The number of benzene rings is 3. The molecular formula is C68H105N17O12S. The van der Waals surface area contributed by atoms with Crippen molar-refractivity contribution in [3.05, 3.63) is 102 Å². The lowest BCUT2D eigenvalue weighted by Gasteiger charge is -2.30. The van der Waals surface area contributed by atoms with Gasteiger partial charge < -0.3 is 97.5 Å². The van der Waals surface area contributed by atoms with Crippen LogP contribution in [0, 0.1) is 11.8 Å². The number of aliphatic imine (C=N–C) groups is 1. The number of aliphatic carboxylic acids is 1. The minimum absolute atomic E-state index is 0.0355. The Labute approximate surface area is 577 Å². The summed E-state index contributed by atoms with van der Waals surface area (Å²) in [5.41, 5.74) is 36.9. The molecule has 29 nitrogen and oxygen atoms in total. The van der Waals surface area contributed by atoms with E-state index in [1.165, 1.54) is 23.9 Å². The van der Waals surface area contributed by atoms with Gasteiger partial charge in [-0.3, -0.25) is 48.1 Å². The number of unbranched alkanes of at least 4 members (excludes halogenated alkanes) is 3. The quantitative estimate of drug-likeness (QED) is 0.0159. The van der Waals surface area contributed by atoms with Crippen LogP contribution in [0.1, 0.15) is 121 Å². The number of nitrogens with zero attached hydrogens (tertiary/aromatic N) is 1. The summed E-state index contributed by atoms with van der Waals surface area (Å²) in [6.07, 6.45) is 6.98. The number of nitrogens with one attached hydrogen (secondary N) is 10. The summed E-state index contributed by atoms with van der Waals surface area (Å²) in [5.74, 6) is -9.30. The molecule has 1 heterocycles. The van der Waals surface area contributed by atoms with Crippen LogP contribution in [0.15, 0.2) is 90.1 Å². The van der Waals surface area contributed by atoms with Gasteiger partial charge in [0.15, 0.2) is 5.96 Å². The number of aromatic amines is 1. The summed E-state index contributed by atoms with van der Waals surface area (Å²) in [7, 11) is 0. The monoisotopic (exact) mass is 1380 g/mol. The number of phenols is 1. The van der Waals surface area contributed by atoms with Crippen molar-refractivity contribution >= 4 is 87.8 Å². The molecule has 540 valence electrons. The Hall–Kier alpha value is -8.84. The molecule has 9 amide bonds. The third kappa shape index (κ3) is 28.3. The van der Waals surface area contributed by atoms with Gasteiger partial charge in [0.05, 0.1) is 6.04 Å². The number of phenolic OH excluding ortho intramolecular Hbond substituents is 1. The van der Waals surface area contributed by atoms with Crippen LogP contribution in [0.25, 0.3) is 10.9 Å². The first-order chi connectivity index (χ1) is 46.8.